The van der Waals surface area contributed by atoms with Crippen molar-refractivity contribution in [2.75, 3.05) is 6.26 Å². The van der Waals surface area contributed by atoms with Gasteiger partial charge < -0.3 is 5.32 Å². The Kier molecular flexibility index (Phi) is 5.42. The molecule has 0 unspecified atom stereocenters. The van der Waals surface area contributed by atoms with Crippen LogP contribution >= 0.6 is 11.8 Å². The molecule has 0 spiro atoms. The zero-order valence-corrected chi connectivity index (χ0v) is 12.7. The van der Waals surface area contributed by atoms with Gasteiger partial charge in [0.2, 0.25) is 11.8 Å². The van der Waals surface area contributed by atoms with Crippen LogP contribution in [-0.4, -0.2) is 33.1 Å². The number of nitrogens with zero attached hydrogens (tertiary/aromatic N) is 1. The molecule has 0 fully saturated rings. The van der Waals surface area contributed by atoms with Crippen LogP contribution in [0.2, 0.25) is 0 Å². The van der Waals surface area contributed by atoms with Crippen LogP contribution in [0.1, 0.15) is 31.9 Å². The maximum absolute atomic E-state index is 9.91. The molecule has 0 atom stereocenters. The fourth-order valence-electron chi connectivity index (χ4n) is 1.37. The number of hydrogen-bond acceptors (Lipinski definition) is 3. The van der Waals surface area contributed by atoms with Gasteiger partial charge in [0.05, 0.1) is 0 Å². The molecule has 104 valence electrons. The van der Waals surface area contributed by atoms with E-state index in [-0.39, 0.29) is 5.54 Å². The van der Waals surface area contributed by atoms with Crippen LogP contribution in [0.4, 0.5) is 0 Å². The summed E-state index contributed by atoms with van der Waals surface area (Å²) in [7, 11) is 0. The molecule has 0 aliphatic rings. The topological polar surface area (TPSA) is 59.1 Å². The van der Waals surface area contributed by atoms with Crippen LogP contribution in [0, 0.1) is 5.41 Å². The van der Waals surface area contributed by atoms with Crippen molar-refractivity contribution in [1.29, 1.82) is 5.41 Å². The van der Waals surface area contributed by atoms with Gasteiger partial charge in [0.25, 0.3) is 0 Å². The first kappa shape index (κ1) is 15.6. The lowest BCUT2D eigenvalue weighted by Gasteiger charge is -2.09. The van der Waals surface area contributed by atoms with E-state index < -0.39 is 0 Å². The predicted octanol–water partition coefficient (Wildman–Crippen LogP) is 2.69. The van der Waals surface area contributed by atoms with Crippen LogP contribution in [0.25, 0.3) is 0 Å². The highest BCUT2D eigenvalue weighted by Gasteiger charge is 2.23. The standard InChI is InChI=1S/C14H22N3OS/c1-14(2,3)17(18)10-12-7-5-6-11(8-12)9-16-13(15)19-4/h5-8,10,18H,9H2,1-4H3,(H2,15,16)/q+1/b17-10-. The van der Waals surface area contributed by atoms with Gasteiger partial charge >= 0.3 is 0 Å². The SMILES string of the molecule is CSC(=N)NCc1cccc(/C=[N+](\O)C(C)(C)C)c1. The molecule has 1 rings (SSSR count). The molecular formula is C14H22N3OS+. The van der Waals surface area contributed by atoms with Gasteiger partial charge in [-0.2, -0.15) is 0 Å². The number of amidine groups is 1. The largest absolute Gasteiger partial charge is 0.361 e. The molecular weight excluding hydrogens is 258 g/mol. The number of benzene rings is 1. The normalized spacial score (nSPS) is 12.3. The van der Waals surface area contributed by atoms with Crippen molar-refractivity contribution < 1.29 is 9.95 Å². The Morgan fingerprint density at radius 2 is 2.16 bits per heavy atom. The Morgan fingerprint density at radius 3 is 2.74 bits per heavy atom. The highest BCUT2D eigenvalue weighted by molar-refractivity contribution is 8.13. The van der Waals surface area contributed by atoms with Crippen LogP contribution in [0.3, 0.4) is 0 Å². The van der Waals surface area contributed by atoms with Crippen LogP contribution in [0.5, 0.6) is 0 Å². The molecule has 0 heterocycles. The highest BCUT2D eigenvalue weighted by Crippen LogP contribution is 2.07. The van der Waals surface area contributed by atoms with Gasteiger partial charge in [-0.15, -0.1) is 0 Å². The van der Waals surface area contributed by atoms with Gasteiger partial charge in [0.15, 0.2) is 5.17 Å². The third kappa shape index (κ3) is 5.34. The van der Waals surface area contributed by atoms with Crippen LogP contribution in [0.15, 0.2) is 24.3 Å². The van der Waals surface area contributed by atoms with E-state index in [4.69, 9.17) is 5.41 Å². The lowest BCUT2D eigenvalue weighted by atomic mass is 10.1. The van der Waals surface area contributed by atoms with Gasteiger partial charge in [-0.25, -0.2) is 0 Å². The third-order valence-electron chi connectivity index (χ3n) is 2.57. The third-order valence-corrected chi connectivity index (χ3v) is 3.12. The van der Waals surface area contributed by atoms with Crippen LogP contribution < -0.4 is 5.32 Å². The molecule has 0 amide bonds. The first-order valence-corrected chi connectivity index (χ1v) is 7.34. The lowest BCUT2D eigenvalue weighted by Crippen LogP contribution is -2.31. The molecule has 0 radical (unpaired) electrons. The lowest BCUT2D eigenvalue weighted by molar-refractivity contribution is -0.816. The van der Waals surface area contributed by atoms with E-state index in [1.165, 1.54) is 16.5 Å². The summed E-state index contributed by atoms with van der Waals surface area (Å²) < 4.78 is 1.21. The first-order valence-electron chi connectivity index (χ1n) is 6.11. The molecule has 0 bridgehead atoms. The molecule has 0 aliphatic carbocycles. The second-order valence-corrected chi connectivity index (χ2v) is 6.09. The van der Waals surface area contributed by atoms with Crippen molar-refractivity contribution >= 4 is 23.1 Å². The van der Waals surface area contributed by atoms with Gasteiger partial charge in [-0.3, -0.25) is 10.6 Å². The first-order chi connectivity index (χ1) is 8.82. The monoisotopic (exact) mass is 280 g/mol. The van der Waals surface area contributed by atoms with E-state index >= 15 is 0 Å². The molecule has 0 saturated heterocycles. The number of hydrogen-bond donors (Lipinski definition) is 3. The van der Waals surface area contributed by atoms with Gasteiger partial charge in [-0.05, 0) is 28.7 Å². The predicted molar refractivity (Wildman–Crippen MR) is 81.5 cm³/mol. The quantitative estimate of drug-likeness (QED) is 0.262. The smallest absolute Gasteiger partial charge is 0.223 e. The minimum Gasteiger partial charge on any atom is -0.361 e. The fourth-order valence-corrected chi connectivity index (χ4v) is 1.59. The Morgan fingerprint density at radius 1 is 1.47 bits per heavy atom. The second kappa shape index (κ2) is 6.61. The minimum absolute atomic E-state index is 0.324. The summed E-state index contributed by atoms with van der Waals surface area (Å²) in [6.45, 7) is 6.43. The molecule has 4 nitrogen and oxygen atoms in total. The van der Waals surface area contributed by atoms with Crippen molar-refractivity contribution in [3.63, 3.8) is 0 Å². The zero-order chi connectivity index (χ0) is 14.5. The Hall–Kier alpha value is -1.49. The number of thioether (sulfide) groups is 1. The van der Waals surface area contributed by atoms with E-state index in [2.05, 4.69) is 5.32 Å². The Bertz CT molecular complexity index is 478. The molecule has 19 heavy (non-hydrogen) atoms. The van der Waals surface area contributed by atoms with E-state index in [1.54, 1.807) is 6.21 Å². The molecule has 3 N–H and O–H groups in total. The van der Waals surface area contributed by atoms with Crippen molar-refractivity contribution in [1.82, 2.24) is 5.32 Å². The zero-order valence-electron chi connectivity index (χ0n) is 11.9. The molecule has 5 heteroatoms. The molecule has 0 aliphatic heterocycles. The minimum atomic E-state index is -0.324. The van der Waals surface area contributed by atoms with Crippen molar-refractivity contribution in [3.8, 4) is 0 Å². The average Bonchev–Trinajstić information content (AvgIpc) is 2.35. The van der Waals surface area contributed by atoms with E-state index in [0.29, 0.717) is 11.7 Å². The summed E-state index contributed by atoms with van der Waals surface area (Å²) in [5.41, 5.74) is 1.69. The van der Waals surface area contributed by atoms with Crippen molar-refractivity contribution in [3.05, 3.63) is 35.4 Å². The molecule has 1 aromatic rings. The van der Waals surface area contributed by atoms with E-state index in [1.807, 2.05) is 51.3 Å². The van der Waals surface area contributed by atoms with E-state index in [9.17, 15) is 5.21 Å². The number of rotatable bonds is 3. The van der Waals surface area contributed by atoms with E-state index in [0.717, 1.165) is 11.1 Å². The Balaban J connectivity index is 2.80. The van der Waals surface area contributed by atoms with Gasteiger partial charge in [0, 0.05) is 32.9 Å². The summed E-state index contributed by atoms with van der Waals surface area (Å²) in [5, 5.41) is 20.9. The molecule has 1 aromatic carbocycles. The Labute approximate surface area is 119 Å². The highest BCUT2D eigenvalue weighted by atomic mass is 32.2. The summed E-state index contributed by atoms with van der Waals surface area (Å²) in [6.07, 6.45) is 3.58. The molecule has 0 aromatic heterocycles. The second-order valence-electron chi connectivity index (χ2n) is 5.28. The van der Waals surface area contributed by atoms with Crippen molar-refractivity contribution in [2.24, 2.45) is 0 Å². The summed E-state index contributed by atoms with van der Waals surface area (Å²) in [4.78, 5) is 0. The van der Waals surface area contributed by atoms with Gasteiger partial charge in [0.1, 0.15) is 0 Å². The fraction of sp³-hybridized carbons (Fsp3) is 0.429. The summed E-state index contributed by atoms with van der Waals surface area (Å²) in [5.74, 6) is 0. The number of nitrogens with one attached hydrogen (secondary N) is 2. The molecule has 0 saturated carbocycles. The van der Waals surface area contributed by atoms with Crippen LogP contribution in [-0.2, 0) is 6.54 Å². The number of hydroxylamine groups is 1. The summed E-state index contributed by atoms with van der Waals surface area (Å²) >= 11 is 1.38. The van der Waals surface area contributed by atoms with Crippen molar-refractivity contribution in [2.45, 2.75) is 32.9 Å². The average molecular weight is 280 g/mol. The van der Waals surface area contributed by atoms with Gasteiger partial charge in [-0.1, -0.05) is 23.9 Å². The maximum Gasteiger partial charge on any atom is 0.223 e. The summed E-state index contributed by atoms with van der Waals surface area (Å²) in [6, 6.07) is 7.88. The maximum atomic E-state index is 9.91.